The molecule has 0 bridgehead atoms. The van der Waals surface area contributed by atoms with Crippen LogP contribution in [0.4, 0.5) is 0 Å². The number of rotatable bonds is 3. The van der Waals surface area contributed by atoms with Crippen molar-refractivity contribution in [2.75, 3.05) is 0 Å². The maximum absolute atomic E-state index is 10.7. The fourth-order valence-corrected chi connectivity index (χ4v) is 1.46. The van der Waals surface area contributed by atoms with E-state index in [1.54, 1.807) is 6.26 Å². The third kappa shape index (κ3) is 1.58. The smallest absolute Gasteiger partial charge is 0.239 e. The minimum Gasteiger partial charge on any atom is -0.469 e. The van der Waals surface area contributed by atoms with Crippen LogP contribution in [-0.2, 0) is 11.2 Å². The molecule has 1 saturated heterocycles. The molecular weight excluding hydrogens is 168 g/mol. The fourth-order valence-electron chi connectivity index (χ4n) is 1.46. The molecule has 0 saturated carbocycles. The van der Waals surface area contributed by atoms with Crippen molar-refractivity contribution >= 4 is 5.91 Å². The lowest BCUT2D eigenvalue weighted by Gasteiger charge is -2.33. The van der Waals surface area contributed by atoms with Gasteiger partial charge in [-0.3, -0.25) is 4.79 Å². The molecule has 1 aromatic heterocycles. The number of nitrogens with two attached hydrogens (primary N) is 1. The molecule has 0 spiro atoms. The van der Waals surface area contributed by atoms with E-state index in [9.17, 15) is 4.79 Å². The van der Waals surface area contributed by atoms with E-state index in [4.69, 9.17) is 10.2 Å². The van der Waals surface area contributed by atoms with Crippen molar-refractivity contribution in [2.24, 2.45) is 5.73 Å². The van der Waals surface area contributed by atoms with Gasteiger partial charge in [0.25, 0.3) is 0 Å². The van der Waals surface area contributed by atoms with Gasteiger partial charge in [0.1, 0.15) is 11.8 Å². The van der Waals surface area contributed by atoms with Crippen LogP contribution in [0.2, 0.25) is 0 Å². The van der Waals surface area contributed by atoms with Crippen molar-refractivity contribution < 1.29 is 9.21 Å². The van der Waals surface area contributed by atoms with Crippen LogP contribution in [0.3, 0.4) is 0 Å². The highest BCUT2D eigenvalue weighted by molar-refractivity contribution is 5.88. The summed E-state index contributed by atoms with van der Waals surface area (Å²) in [6, 6.07) is 3.58. The summed E-state index contributed by atoms with van der Waals surface area (Å²) in [5.74, 6) is 0.887. The van der Waals surface area contributed by atoms with Crippen LogP contribution in [0.25, 0.3) is 0 Å². The van der Waals surface area contributed by atoms with Gasteiger partial charge in [-0.15, -0.1) is 0 Å². The van der Waals surface area contributed by atoms with E-state index >= 15 is 0 Å². The minimum atomic E-state index is -0.324. The number of carbonyl (C=O) groups is 1. The summed E-state index contributed by atoms with van der Waals surface area (Å²) >= 11 is 0. The van der Waals surface area contributed by atoms with E-state index in [1.165, 1.54) is 0 Å². The van der Waals surface area contributed by atoms with E-state index in [0.29, 0.717) is 0 Å². The highest BCUT2D eigenvalue weighted by Gasteiger charge is 2.35. The maximum Gasteiger partial charge on any atom is 0.239 e. The summed E-state index contributed by atoms with van der Waals surface area (Å²) in [7, 11) is 0. The van der Waals surface area contributed by atoms with Crippen LogP contribution in [-0.4, -0.2) is 18.0 Å². The Hall–Kier alpha value is -1.29. The molecule has 2 heterocycles. The zero-order chi connectivity index (χ0) is 9.26. The second-order valence-corrected chi connectivity index (χ2v) is 3.26. The molecule has 0 radical (unpaired) electrons. The summed E-state index contributed by atoms with van der Waals surface area (Å²) in [5, 5.41) is 2.75. The Morgan fingerprint density at radius 3 is 3.00 bits per heavy atom. The molecule has 1 aliphatic heterocycles. The Bertz CT molecular complexity index is 295. The largest absolute Gasteiger partial charge is 0.469 e. The van der Waals surface area contributed by atoms with Gasteiger partial charge in [-0.25, -0.2) is 0 Å². The van der Waals surface area contributed by atoms with E-state index in [1.807, 2.05) is 12.1 Å². The summed E-state index contributed by atoms with van der Waals surface area (Å²) in [4.78, 5) is 10.7. The summed E-state index contributed by atoms with van der Waals surface area (Å²) < 4.78 is 5.16. The highest BCUT2D eigenvalue weighted by atomic mass is 16.3. The third-order valence-electron chi connectivity index (χ3n) is 2.35. The lowest BCUT2D eigenvalue weighted by atomic mass is 9.95. The lowest BCUT2D eigenvalue weighted by molar-refractivity contribution is -0.130. The van der Waals surface area contributed by atoms with Crippen molar-refractivity contribution in [3.63, 3.8) is 0 Å². The van der Waals surface area contributed by atoms with Gasteiger partial charge in [0.05, 0.1) is 12.3 Å². The van der Waals surface area contributed by atoms with Crippen molar-refractivity contribution in [3.8, 4) is 0 Å². The SMILES string of the molecule is N[C@@H]1C(=O)NC1CCc1ccco1. The number of hydrogen-bond donors (Lipinski definition) is 2. The number of β-lactam (4-membered cyclic amide) rings is 1. The molecule has 4 nitrogen and oxygen atoms in total. The van der Waals surface area contributed by atoms with Crippen LogP contribution in [0.15, 0.2) is 22.8 Å². The van der Waals surface area contributed by atoms with E-state index in [0.717, 1.165) is 18.6 Å². The van der Waals surface area contributed by atoms with Gasteiger partial charge in [0.2, 0.25) is 5.91 Å². The maximum atomic E-state index is 10.7. The number of aryl methyl sites for hydroxylation is 1. The minimum absolute atomic E-state index is 0.0514. The molecule has 13 heavy (non-hydrogen) atoms. The topological polar surface area (TPSA) is 68.3 Å². The number of nitrogens with one attached hydrogen (secondary N) is 1. The molecule has 1 fully saturated rings. The van der Waals surface area contributed by atoms with Gasteiger partial charge < -0.3 is 15.5 Å². The summed E-state index contributed by atoms with van der Waals surface area (Å²) in [6.07, 6.45) is 3.32. The van der Waals surface area contributed by atoms with Gasteiger partial charge >= 0.3 is 0 Å². The fraction of sp³-hybridized carbons (Fsp3) is 0.444. The predicted octanol–water partition coefficient (Wildman–Crippen LogP) is 0.0379. The average Bonchev–Trinajstić information content (AvgIpc) is 2.64. The zero-order valence-electron chi connectivity index (χ0n) is 7.19. The molecule has 0 aliphatic carbocycles. The Morgan fingerprint density at radius 2 is 2.46 bits per heavy atom. The molecule has 1 unspecified atom stereocenters. The van der Waals surface area contributed by atoms with E-state index in [2.05, 4.69) is 5.32 Å². The van der Waals surface area contributed by atoms with Crippen molar-refractivity contribution in [2.45, 2.75) is 24.9 Å². The van der Waals surface area contributed by atoms with Gasteiger partial charge in [-0.05, 0) is 18.6 Å². The average molecular weight is 180 g/mol. The normalized spacial score (nSPS) is 26.7. The molecule has 1 aliphatic rings. The van der Waals surface area contributed by atoms with Gasteiger partial charge in [0, 0.05) is 6.42 Å². The predicted molar refractivity (Wildman–Crippen MR) is 46.9 cm³/mol. The standard InChI is InChI=1S/C9H12N2O2/c10-8-7(11-9(8)12)4-3-6-2-1-5-13-6/h1-2,5,7-8H,3-4,10H2,(H,11,12)/t7?,8-/m0/s1. The van der Waals surface area contributed by atoms with Crippen molar-refractivity contribution in [1.82, 2.24) is 5.32 Å². The second-order valence-electron chi connectivity index (χ2n) is 3.26. The van der Waals surface area contributed by atoms with Crippen LogP contribution >= 0.6 is 0 Å². The number of carbonyl (C=O) groups excluding carboxylic acids is 1. The quantitative estimate of drug-likeness (QED) is 0.645. The first-order valence-corrected chi connectivity index (χ1v) is 4.36. The van der Waals surface area contributed by atoms with Crippen LogP contribution < -0.4 is 11.1 Å². The zero-order valence-corrected chi connectivity index (χ0v) is 7.19. The van der Waals surface area contributed by atoms with Gasteiger partial charge in [0.15, 0.2) is 0 Å². The highest BCUT2D eigenvalue weighted by Crippen LogP contribution is 2.12. The Labute approximate surface area is 76.1 Å². The van der Waals surface area contributed by atoms with Crippen molar-refractivity contribution in [1.29, 1.82) is 0 Å². The van der Waals surface area contributed by atoms with Crippen LogP contribution in [0.5, 0.6) is 0 Å². The second kappa shape index (κ2) is 3.22. The molecule has 1 amide bonds. The summed E-state index contributed by atoms with van der Waals surface area (Å²) in [6.45, 7) is 0. The number of furan rings is 1. The van der Waals surface area contributed by atoms with E-state index in [-0.39, 0.29) is 18.0 Å². The summed E-state index contributed by atoms with van der Waals surface area (Å²) in [5.41, 5.74) is 5.56. The Kier molecular flexibility index (Phi) is 2.06. The molecule has 4 heteroatoms. The Balaban J connectivity index is 1.78. The molecule has 1 aromatic rings. The first-order chi connectivity index (χ1) is 6.27. The van der Waals surface area contributed by atoms with Gasteiger partial charge in [-0.2, -0.15) is 0 Å². The van der Waals surface area contributed by atoms with Crippen molar-refractivity contribution in [3.05, 3.63) is 24.2 Å². The first kappa shape index (κ1) is 8.31. The monoisotopic (exact) mass is 180 g/mol. The molecule has 3 N–H and O–H groups in total. The molecule has 2 rings (SSSR count). The number of amides is 1. The Morgan fingerprint density at radius 1 is 1.62 bits per heavy atom. The first-order valence-electron chi connectivity index (χ1n) is 4.36. The van der Waals surface area contributed by atoms with E-state index < -0.39 is 0 Å². The molecule has 70 valence electrons. The van der Waals surface area contributed by atoms with Crippen LogP contribution in [0, 0.1) is 0 Å². The van der Waals surface area contributed by atoms with Crippen LogP contribution in [0.1, 0.15) is 12.2 Å². The lowest BCUT2D eigenvalue weighted by Crippen LogP contribution is -2.66. The molecule has 0 aromatic carbocycles. The van der Waals surface area contributed by atoms with Gasteiger partial charge in [-0.1, -0.05) is 0 Å². The third-order valence-corrected chi connectivity index (χ3v) is 2.35. The molecule has 2 atom stereocenters. The molecular formula is C9H12N2O2. The number of hydrogen-bond acceptors (Lipinski definition) is 3.